The minimum Gasteiger partial charge on any atom is -0.508 e. The van der Waals surface area contributed by atoms with E-state index in [1.54, 1.807) is 24.3 Å². The van der Waals surface area contributed by atoms with Crippen molar-refractivity contribution in [3.63, 3.8) is 0 Å². The van der Waals surface area contributed by atoms with E-state index in [4.69, 9.17) is 0 Å². The van der Waals surface area contributed by atoms with Crippen LogP contribution in [0, 0.1) is 0 Å². The van der Waals surface area contributed by atoms with Crippen molar-refractivity contribution in [3.05, 3.63) is 54.1 Å². The smallest absolute Gasteiger partial charge is 0.250 e. The summed E-state index contributed by atoms with van der Waals surface area (Å²) in [6, 6.07) is 14.6. The Morgan fingerprint density at radius 2 is 1.96 bits per heavy atom. The van der Waals surface area contributed by atoms with Crippen LogP contribution in [0.4, 0.5) is 0 Å². The average molecular weight is 368 g/mol. The van der Waals surface area contributed by atoms with Crippen LogP contribution in [0.5, 0.6) is 5.75 Å². The van der Waals surface area contributed by atoms with Crippen molar-refractivity contribution in [2.75, 3.05) is 5.75 Å². The van der Waals surface area contributed by atoms with Gasteiger partial charge in [-0.05, 0) is 48.4 Å². The predicted octanol–water partition coefficient (Wildman–Crippen LogP) is 3.30. The van der Waals surface area contributed by atoms with Gasteiger partial charge in [0.05, 0.1) is 22.5 Å². The molecule has 1 aromatic heterocycles. The number of rotatable bonds is 6. The molecule has 1 amide bonds. The number of nitrogens with zero attached hydrogens (tertiary/aromatic N) is 3. The number of nitrogens with one attached hydrogen (secondary N) is 1. The van der Waals surface area contributed by atoms with Gasteiger partial charge in [0.2, 0.25) is 0 Å². The van der Waals surface area contributed by atoms with E-state index in [0.29, 0.717) is 6.42 Å². The van der Waals surface area contributed by atoms with Gasteiger partial charge in [-0.15, -0.1) is 0 Å². The van der Waals surface area contributed by atoms with Crippen molar-refractivity contribution in [3.8, 4) is 5.75 Å². The second-order valence-corrected chi connectivity index (χ2v) is 6.67. The molecule has 0 aliphatic heterocycles. The molecule has 0 spiro atoms. The van der Waals surface area contributed by atoms with Gasteiger partial charge in [0.15, 0.2) is 5.16 Å². The summed E-state index contributed by atoms with van der Waals surface area (Å²) in [5, 5.41) is 14.4. The zero-order chi connectivity index (χ0) is 18.5. The summed E-state index contributed by atoms with van der Waals surface area (Å²) in [6.07, 6.45) is 0.670. The van der Waals surface area contributed by atoms with E-state index in [-0.39, 0.29) is 17.4 Å². The molecule has 0 saturated carbocycles. The number of aryl methyl sites for hydroxylation is 1. The summed E-state index contributed by atoms with van der Waals surface area (Å²) in [7, 11) is 1.94. The highest BCUT2D eigenvalue weighted by atomic mass is 32.2. The summed E-state index contributed by atoms with van der Waals surface area (Å²) >= 11 is 1.38. The monoisotopic (exact) mass is 368 g/mol. The largest absolute Gasteiger partial charge is 0.508 e. The third kappa shape index (κ3) is 4.05. The fourth-order valence-corrected chi connectivity index (χ4v) is 3.33. The summed E-state index contributed by atoms with van der Waals surface area (Å²) in [4.78, 5) is 16.7. The highest BCUT2D eigenvalue weighted by molar-refractivity contribution is 7.99. The number of benzene rings is 2. The molecule has 0 atom stereocenters. The zero-order valence-electron chi connectivity index (χ0n) is 14.6. The van der Waals surface area contributed by atoms with Crippen LogP contribution in [0.3, 0.4) is 0 Å². The molecule has 0 saturated heterocycles. The van der Waals surface area contributed by atoms with Gasteiger partial charge >= 0.3 is 0 Å². The van der Waals surface area contributed by atoms with Crippen molar-refractivity contribution in [1.82, 2.24) is 15.0 Å². The van der Waals surface area contributed by atoms with Crippen LogP contribution in [0.25, 0.3) is 11.0 Å². The van der Waals surface area contributed by atoms with Gasteiger partial charge < -0.3 is 9.67 Å². The Hall–Kier alpha value is -2.80. The van der Waals surface area contributed by atoms with Crippen LogP contribution in [0.2, 0.25) is 0 Å². The number of para-hydroxylation sites is 2. The topological polar surface area (TPSA) is 79.5 Å². The normalized spacial score (nSPS) is 11.7. The first-order chi connectivity index (χ1) is 12.6. The number of aromatic nitrogens is 2. The highest BCUT2D eigenvalue weighted by Gasteiger charge is 2.10. The van der Waals surface area contributed by atoms with Gasteiger partial charge in [-0.3, -0.25) is 4.79 Å². The number of imidazole rings is 1. The van der Waals surface area contributed by atoms with Crippen LogP contribution >= 0.6 is 11.8 Å². The zero-order valence-corrected chi connectivity index (χ0v) is 15.5. The molecule has 26 heavy (non-hydrogen) atoms. The number of amides is 1. The summed E-state index contributed by atoms with van der Waals surface area (Å²) < 4.78 is 1.98. The van der Waals surface area contributed by atoms with Gasteiger partial charge in [0.1, 0.15) is 5.75 Å². The van der Waals surface area contributed by atoms with E-state index >= 15 is 0 Å². The van der Waals surface area contributed by atoms with Crippen LogP contribution < -0.4 is 5.43 Å². The molecule has 3 aromatic rings. The van der Waals surface area contributed by atoms with Gasteiger partial charge in [-0.1, -0.05) is 30.8 Å². The number of hydrogen-bond donors (Lipinski definition) is 2. The molecule has 0 radical (unpaired) electrons. The number of phenolic OH excluding ortho intramolecular Hbond substituents is 1. The van der Waals surface area contributed by atoms with E-state index in [9.17, 15) is 9.90 Å². The maximum atomic E-state index is 12.1. The maximum Gasteiger partial charge on any atom is 0.250 e. The molecule has 0 aliphatic carbocycles. The molecule has 0 unspecified atom stereocenters. The van der Waals surface area contributed by atoms with Crippen molar-refractivity contribution in [2.24, 2.45) is 12.1 Å². The Kier molecular flexibility index (Phi) is 5.58. The lowest BCUT2D eigenvalue weighted by Crippen LogP contribution is -2.22. The summed E-state index contributed by atoms with van der Waals surface area (Å²) in [5.41, 5.74) is 6.17. The quantitative estimate of drug-likeness (QED) is 0.397. The standard InChI is InChI=1S/C19H20N4O2S/c1-3-15(13-8-10-14(24)11-9-13)21-22-18(25)12-26-19-20-16-6-4-5-7-17(16)23(19)2/h4-11,24H,3,12H2,1-2H3,(H,22,25)/b21-15-. The second-order valence-electron chi connectivity index (χ2n) is 5.72. The average Bonchev–Trinajstić information content (AvgIpc) is 2.98. The summed E-state index contributed by atoms with van der Waals surface area (Å²) in [6.45, 7) is 1.96. The van der Waals surface area contributed by atoms with Gasteiger partial charge in [-0.25, -0.2) is 10.4 Å². The van der Waals surface area contributed by atoms with Crippen LogP contribution in [0.1, 0.15) is 18.9 Å². The summed E-state index contributed by atoms with van der Waals surface area (Å²) in [5.74, 6) is 0.242. The Bertz CT molecular complexity index is 948. The number of aromatic hydroxyl groups is 1. The molecule has 3 rings (SSSR count). The molecule has 6 nitrogen and oxygen atoms in total. The first kappa shape index (κ1) is 18.0. The Labute approximate surface area is 155 Å². The highest BCUT2D eigenvalue weighted by Crippen LogP contribution is 2.22. The molecule has 2 aromatic carbocycles. The number of hydrogen-bond acceptors (Lipinski definition) is 5. The van der Waals surface area contributed by atoms with Crippen molar-refractivity contribution in [2.45, 2.75) is 18.5 Å². The molecule has 0 bridgehead atoms. The lowest BCUT2D eigenvalue weighted by atomic mass is 10.1. The van der Waals surface area contributed by atoms with Gasteiger partial charge in [0, 0.05) is 7.05 Å². The molecule has 134 valence electrons. The molecule has 2 N–H and O–H groups in total. The van der Waals surface area contributed by atoms with Crippen molar-refractivity contribution >= 4 is 34.4 Å². The third-order valence-electron chi connectivity index (χ3n) is 3.93. The SMILES string of the molecule is CC/C(=N/NC(=O)CSc1nc2ccccc2n1C)c1ccc(O)cc1. The van der Waals surface area contributed by atoms with E-state index in [0.717, 1.165) is 27.5 Å². The molecule has 0 fully saturated rings. The molecule has 1 heterocycles. The lowest BCUT2D eigenvalue weighted by molar-refractivity contribution is -0.118. The third-order valence-corrected chi connectivity index (χ3v) is 4.96. The maximum absolute atomic E-state index is 12.1. The van der Waals surface area contributed by atoms with E-state index in [2.05, 4.69) is 15.5 Å². The van der Waals surface area contributed by atoms with Gasteiger partial charge in [0.25, 0.3) is 5.91 Å². The van der Waals surface area contributed by atoms with Crippen molar-refractivity contribution in [1.29, 1.82) is 0 Å². The Balaban J connectivity index is 1.62. The number of carbonyl (C=O) groups is 1. The number of phenols is 1. The number of fused-ring (bicyclic) bond motifs is 1. The minimum absolute atomic E-state index is 0.188. The number of hydrazone groups is 1. The van der Waals surface area contributed by atoms with Crippen molar-refractivity contribution < 1.29 is 9.90 Å². The van der Waals surface area contributed by atoms with Gasteiger partial charge in [-0.2, -0.15) is 5.10 Å². The molecular weight excluding hydrogens is 348 g/mol. The lowest BCUT2D eigenvalue weighted by Gasteiger charge is -2.06. The first-order valence-corrected chi connectivity index (χ1v) is 9.26. The fraction of sp³-hybridized carbons (Fsp3) is 0.211. The van der Waals surface area contributed by atoms with Crippen LogP contribution in [-0.2, 0) is 11.8 Å². The van der Waals surface area contributed by atoms with E-state index in [1.165, 1.54) is 11.8 Å². The minimum atomic E-state index is -0.188. The van der Waals surface area contributed by atoms with E-state index < -0.39 is 0 Å². The predicted molar refractivity (Wildman–Crippen MR) is 105 cm³/mol. The molecule has 7 heteroatoms. The second kappa shape index (κ2) is 8.05. The number of carbonyl (C=O) groups excluding carboxylic acids is 1. The number of thioether (sulfide) groups is 1. The van der Waals surface area contributed by atoms with Crippen LogP contribution in [-0.4, -0.2) is 32.0 Å². The fourth-order valence-electron chi connectivity index (χ4n) is 2.55. The molecule has 0 aliphatic rings. The Morgan fingerprint density at radius 1 is 1.23 bits per heavy atom. The first-order valence-electron chi connectivity index (χ1n) is 8.27. The van der Waals surface area contributed by atoms with Crippen LogP contribution in [0.15, 0.2) is 58.8 Å². The van der Waals surface area contributed by atoms with E-state index in [1.807, 2.05) is 42.8 Å². The molecular formula is C19H20N4O2S. The Morgan fingerprint density at radius 3 is 2.65 bits per heavy atom.